The number of hydrogen-bond acceptors (Lipinski definition) is 3. The molecule has 0 aliphatic carbocycles. The van der Waals surface area contributed by atoms with Crippen LogP contribution in [0.5, 0.6) is 5.75 Å². The van der Waals surface area contributed by atoms with Gasteiger partial charge in [0.05, 0.1) is 6.54 Å². The van der Waals surface area contributed by atoms with Crippen LogP contribution in [0.1, 0.15) is 30.8 Å². The zero-order chi connectivity index (χ0) is 13.8. The van der Waals surface area contributed by atoms with Crippen LogP contribution in [-0.2, 0) is 13.6 Å². The van der Waals surface area contributed by atoms with Crippen LogP contribution in [0.4, 0.5) is 0 Å². The summed E-state index contributed by atoms with van der Waals surface area (Å²) < 4.78 is 2.96. The van der Waals surface area contributed by atoms with Crippen molar-refractivity contribution in [1.82, 2.24) is 14.9 Å². The number of nitrogens with zero attached hydrogens (tertiary/aromatic N) is 2. The predicted molar refractivity (Wildman–Crippen MR) is 78.9 cm³/mol. The number of hydrogen-bond donors (Lipinski definition) is 2. The van der Waals surface area contributed by atoms with Gasteiger partial charge < -0.3 is 15.0 Å². The van der Waals surface area contributed by atoms with Crippen LogP contribution in [0.25, 0.3) is 0 Å². The second kappa shape index (κ2) is 6.21. The van der Waals surface area contributed by atoms with Crippen molar-refractivity contribution in [3.05, 3.63) is 46.5 Å². The van der Waals surface area contributed by atoms with Gasteiger partial charge in [-0.3, -0.25) is 0 Å². The molecule has 0 bridgehead atoms. The monoisotopic (exact) mass is 323 g/mol. The number of aromatic hydroxyl groups is 1. The smallest absolute Gasteiger partial charge is 0.122 e. The maximum atomic E-state index is 9.97. The first-order chi connectivity index (χ1) is 9.11. The highest BCUT2D eigenvalue weighted by atomic mass is 79.9. The van der Waals surface area contributed by atoms with Gasteiger partial charge in [0.25, 0.3) is 0 Å². The van der Waals surface area contributed by atoms with E-state index in [1.165, 1.54) is 0 Å². The third-order valence-corrected chi connectivity index (χ3v) is 3.69. The number of rotatable bonds is 5. The van der Waals surface area contributed by atoms with Gasteiger partial charge in [-0.05, 0) is 24.6 Å². The number of halogens is 1. The van der Waals surface area contributed by atoms with Crippen molar-refractivity contribution in [3.8, 4) is 5.75 Å². The first kappa shape index (κ1) is 14.1. The van der Waals surface area contributed by atoms with Crippen molar-refractivity contribution >= 4 is 15.9 Å². The molecule has 2 aromatic rings. The SMILES string of the molecule is CCC(NCc1nccn1C)c1cc(Br)ccc1O. The molecular weight excluding hydrogens is 306 g/mol. The van der Waals surface area contributed by atoms with Gasteiger partial charge in [-0.2, -0.15) is 0 Å². The fourth-order valence-electron chi connectivity index (χ4n) is 2.06. The van der Waals surface area contributed by atoms with E-state index in [4.69, 9.17) is 0 Å². The predicted octanol–water partition coefficient (Wildman–Crippen LogP) is 3.13. The molecule has 19 heavy (non-hydrogen) atoms. The lowest BCUT2D eigenvalue weighted by Crippen LogP contribution is -2.22. The molecule has 0 amide bonds. The average molecular weight is 324 g/mol. The van der Waals surface area contributed by atoms with Crippen molar-refractivity contribution in [3.63, 3.8) is 0 Å². The normalized spacial score (nSPS) is 12.6. The summed E-state index contributed by atoms with van der Waals surface area (Å²) in [6, 6.07) is 5.61. The number of aryl methyl sites for hydroxylation is 1. The Labute approximate surface area is 121 Å². The molecular formula is C14H18BrN3O. The maximum absolute atomic E-state index is 9.97. The topological polar surface area (TPSA) is 50.1 Å². The molecule has 1 heterocycles. The quantitative estimate of drug-likeness (QED) is 0.888. The highest BCUT2D eigenvalue weighted by Gasteiger charge is 2.14. The Morgan fingerprint density at radius 2 is 2.26 bits per heavy atom. The van der Waals surface area contributed by atoms with E-state index >= 15 is 0 Å². The Morgan fingerprint density at radius 3 is 2.89 bits per heavy atom. The minimum atomic E-state index is 0.106. The molecule has 1 aromatic carbocycles. The lowest BCUT2D eigenvalue weighted by atomic mass is 10.0. The van der Waals surface area contributed by atoms with E-state index in [0.29, 0.717) is 12.3 Å². The molecule has 2 N–H and O–H groups in total. The summed E-state index contributed by atoms with van der Waals surface area (Å²) in [6.07, 6.45) is 4.61. The molecule has 0 aliphatic rings. The fraction of sp³-hybridized carbons (Fsp3) is 0.357. The van der Waals surface area contributed by atoms with E-state index in [2.05, 4.69) is 33.2 Å². The molecule has 0 saturated carbocycles. The summed E-state index contributed by atoms with van der Waals surface area (Å²) in [5.74, 6) is 1.30. The van der Waals surface area contributed by atoms with Crippen LogP contribution < -0.4 is 5.32 Å². The summed E-state index contributed by atoms with van der Waals surface area (Å²) in [7, 11) is 1.97. The molecule has 1 atom stereocenters. The maximum Gasteiger partial charge on any atom is 0.122 e. The van der Waals surface area contributed by atoms with Crippen LogP contribution in [-0.4, -0.2) is 14.7 Å². The van der Waals surface area contributed by atoms with Crippen molar-refractivity contribution in [1.29, 1.82) is 0 Å². The molecule has 0 radical (unpaired) electrons. The minimum Gasteiger partial charge on any atom is -0.508 e. The summed E-state index contributed by atoms with van der Waals surface area (Å²) in [6.45, 7) is 2.77. The van der Waals surface area contributed by atoms with Crippen molar-refractivity contribution in [2.45, 2.75) is 25.9 Å². The molecule has 0 aliphatic heterocycles. The number of phenols is 1. The molecule has 0 saturated heterocycles. The minimum absolute atomic E-state index is 0.106. The summed E-state index contributed by atoms with van der Waals surface area (Å²) in [4.78, 5) is 4.28. The van der Waals surface area contributed by atoms with Gasteiger partial charge in [-0.1, -0.05) is 22.9 Å². The molecule has 0 spiro atoms. The molecule has 2 rings (SSSR count). The standard InChI is InChI=1S/C14H18BrN3O/c1-3-12(11-8-10(15)4-5-13(11)19)17-9-14-16-6-7-18(14)2/h4-8,12,17,19H,3,9H2,1-2H3. The first-order valence-electron chi connectivity index (χ1n) is 6.29. The van der Waals surface area contributed by atoms with Gasteiger partial charge >= 0.3 is 0 Å². The van der Waals surface area contributed by atoms with E-state index in [1.807, 2.05) is 29.9 Å². The second-order valence-corrected chi connectivity index (χ2v) is 5.41. The number of benzene rings is 1. The number of nitrogens with one attached hydrogen (secondary N) is 1. The van der Waals surface area contributed by atoms with Gasteiger partial charge in [-0.15, -0.1) is 0 Å². The first-order valence-corrected chi connectivity index (χ1v) is 7.09. The number of imidazole rings is 1. The Hall–Kier alpha value is -1.33. The molecule has 102 valence electrons. The lowest BCUT2D eigenvalue weighted by molar-refractivity contribution is 0.437. The van der Waals surface area contributed by atoms with Gasteiger partial charge in [0.2, 0.25) is 0 Å². The zero-order valence-corrected chi connectivity index (χ0v) is 12.7. The summed E-state index contributed by atoms with van der Waals surface area (Å²) >= 11 is 3.44. The van der Waals surface area contributed by atoms with E-state index < -0.39 is 0 Å². The number of aromatic nitrogens is 2. The van der Waals surface area contributed by atoms with Crippen molar-refractivity contribution in [2.24, 2.45) is 7.05 Å². The fourth-order valence-corrected chi connectivity index (χ4v) is 2.44. The van der Waals surface area contributed by atoms with Crippen molar-refractivity contribution < 1.29 is 5.11 Å². The van der Waals surface area contributed by atoms with E-state index in [-0.39, 0.29) is 6.04 Å². The molecule has 4 nitrogen and oxygen atoms in total. The molecule has 1 aromatic heterocycles. The van der Waals surface area contributed by atoms with E-state index in [1.54, 1.807) is 12.3 Å². The van der Waals surface area contributed by atoms with Crippen molar-refractivity contribution in [2.75, 3.05) is 0 Å². The molecule has 5 heteroatoms. The highest BCUT2D eigenvalue weighted by molar-refractivity contribution is 9.10. The van der Waals surface area contributed by atoms with E-state index in [9.17, 15) is 5.11 Å². The van der Waals surface area contributed by atoms with Crippen LogP contribution in [0.15, 0.2) is 35.1 Å². The third-order valence-electron chi connectivity index (χ3n) is 3.20. The largest absolute Gasteiger partial charge is 0.508 e. The average Bonchev–Trinajstić information content (AvgIpc) is 2.80. The van der Waals surface area contributed by atoms with Gasteiger partial charge in [0.1, 0.15) is 11.6 Å². The Bertz CT molecular complexity index is 553. The van der Waals surface area contributed by atoms with Crippen LogP contribution in [0.2, 0.25) is 0 Å². The third kappa shape index (κ3) is 3.36. The van der Waals surface area contributed by atoms with Gasteiger partial charge in [0.15, 0.2) is 0 Å². The molecule has 1 unspecified atom stereocenters. The van der Waals surface area contributed by atoms with Gasteiger partial charge in [0, 0.05) is 35.5 Å². The van der Waals surface area contributed by atoms with Crippen LogP contribution in [0, 0.1) is 0 Å². The van der Waals surface area contributed by atoms with Gasteiger partial charge in [-0.25, -0.2) is 4.98 Å². The summed E-state index contributed by atoms with van der Waals surface area (Å²) in [5.41, 5.74) is 0.908. The zero-order valence-electron chi connectivity index (χ0n) is 11.1. The lowest BCUT2D eigenvalue weighted by Gasteiger charge is -2.18. The molecule has 0 fully saturated rings. The highest BCUT2D eigenvalue weighted by Crippen LogP contribution is 2.29. The summed E-state index contributed by atoms with van der Waals surface area (Å²) in [5, 5.41) is 13.4. The Morgan fingerprint density at radius 1 is 1.47 bits per heavy atom. The Balaban J connectivity index is 2.12. The Kier molecular flexibility index (Phi) is 4.61. The second-order valence-electron chi connectivity index (χ2n) is 4.50. The van der Waals surface area contributed by atoms with Crippen LogP contribution in [0.3, 0.4) is 0 Å². The number of phenolic OH excluding ortho intramolecular Hbond substituents is 1. The van der Waals surface area contributed by atoms with Crippen LogP contribution >= 0.6 is 15.9 Å². The van der Waals surface area contributed by atoms with E-state index in [0.717, 1.165) is 22.3 Å².